The molecule has 2 aliphatic rings. The lowest BCUT2D eigenvalue weighted by atomic mass is 9.96. The Morgan fingerprint density at radius 2 is 2.04 bits per heavy atom. The van der Waals surface area contributed by atoms with Crippen LogP contribution in [0.3, 0.4) is 0 Å². The molecule has 5 nitrogen and oxygen atoms in total. The van der Waals surface area contributed by atoms with Gasteiger partial charge in [0.1, 0.15) is 0 Å². The number of pyridine rings is 1. The van der Waals surface area contributed by atoms with Crippen LogP contribution >= 0.6 is 0 Å². The van der Waals surface area contributed by atoms with Crippen molar-refractivity contribution in [1.29, 1.82) is 0 Å². The largest absolute Gasteiger partial charge is 0.335 e. The number of para-hydroxylation sites is 1. The van der Waals surface area contributed by atoms with E-state index in [2.05, 4.69) is 23.5 Å². The summed E-state index contributed by atoms with van der Waals surface area (Å²) in [5.41, 5.74) is 3.06. The van der Waals surface area contributed by atoms with E-state index < -0.39 is 0 Å². The molecule has 1 fully saturated rings. The fourth-order valence-electron chi connectivity index (χ4n) is 4.40. The van der Waals surface area contributed by atoms with Crippen molar-refractivity contribution in [1.82, 2.24) is 14.8 Å². The second kappa shape index (κ2) is 7.14. The van der Waals surface area contributed by atoms with E-state index in [1.807, 2.05) is 10.6 Å². The molecule has 4 rings (SSSR count). The molecule has 0 spiro atoms. The summed E-state index contributed by atoms with van der Waals surface area (Å²) in [4.78, 5) is 27.1. The third-order valence-electron chi connectivity index (χ3n) is 5.79. The zero-order valence-electron chi connectivity index (χ0n) is 15.5. The van der Waals surface area contributed by atoms with Gasteiger partial charge in [0.05, 0.1) is 12.1 Å². The summed E-state index contributed by atoms with van der Waals surface area (Å²) in [6, 6.07) is 8.39. The van der Waals surface area contributed by atoms with E-state index >= 15 is 0 Å². The number of nitrogens with zero attached hydrogens (tertiary/aromatic N) is 2. The van der Waals surface area contributed by atoms with Crippen molar-refractivity contribution in [3.05, 3.63) is 45.7 Å². The number of benzene rings is 1. The van der Waals surface area contributed by atoms with Gasteiger partial charge in [0.25, 0.3) is 5.56 Å². The van der Waals surface area contributed by atoms with Gasteiger partial charge in [-0.3, -0.25) is 4.79 Å². The maximum atomic E-state index is 13.0. The summed E-state index contributed by atoms with van der Waals surface area (Å²) in [5.74, 6) is 0. The van der Waals surface area contributed by atoms with Gasteiger partial charge in [-0.1, -0.05) is 37.5 Å². The zero-order valence-corrected chi connectivity index (χ0v) is 15.5. The molecule has 26 heavy (non-hydrogen) atoms. The second-order valence-electron chi connectivity index (χ2n) is 7.73. The zero-order chi connectivity index (χ0) is 18.1. The highest BCUT2D eigenvalue weighted by Gasteiger charge is 2.20. The van der Waals surface area contributed by atoms with Crippen molar-refractivity contribution >= 4 is 16.9 Å². The van der Waals surface area contributed by atoms with Crippen molar-refractivity contribution in [3.63, 3.8) is 0 Å². The molecule has 0 radical (unpaired) electrons. The molecule has 1 aromatic heterocycles. The van der Waals surface area contributed by atoms with Crippen LogP contribution in [-0.2, 0) is 19.5 Å². The highest BCUT2D eigenvalue weighted by atomic mass is 16.2. The van der Waals surface area contributed by atoms with Crippen molar-refractivity contribution in [2.45, 2.75) is 64.1 Å². The maximum Gasteiger partial charge on any atom is 0.317 e. The molecule has 2 aromatic rings. The number of nitrogens with one attached hydrogen (secondary N) is 1. The van der Waals surface area contributed by atoms with E-state index in [9.17, 15) is 9.59 Å². The van der Waals surface area contributed by atoms with Crippen molar-refractivity contribution in [3.8, 4) is 0 Å². The number of aryl methyl sites for hydroxylation is 2. The number of aromatic nitrogens is 1. The number of hydrogen-bond acceptors (Lipinski definition) is 2. The number of carbonyl (C=O) groups excluding carboxylic acids is 1. The van der Waals surface area contributed by atoms with Gasteiger partial charge in [0, 0.05) is 25.2 Å². The molecule has 0 saturated heterocycles. The highest BCUT2D eigenvalue weighted by molar-refractivity contribution is 5.83. The summed E-state index contributed by atoms with van der Waals surface area (Å²) >= 11 is 0. The maximum absolute atomic E-state index is 13.0. The minimum atomic E-state index is -0.0798. The molecule has 0 atom stereocenters. The molecule has 0 unspecified atom stereocenters. The Hall–Kier alpha value is -2.30. The van der Waals surface area contributed by atoms with Crippen LogP contribution in [0.1, 0.15) is 49.7 Å². The molecule has 2 heterocycles. The second-order valence-corrected chi connectivity index (χ2v) is 7.73. The van der Waals surface area contributed by atoms with Crippen molar-refractivity contribution < 1.29 is 4.79 Å². The van der Waals surface area contributed by atoms with Crippen LogP contribution < -0.4 is 10.9 Å². The Labute approximate surface area is 154 Å². The van der Waals surface area contributed by atoms with E-state index in [1.165, 1.54) is 24.8 Å². The average molecular weight is 353 g/mol. The van der Waals surface area contributed by atoms with Crippen molar-refractivity contribution in [2.75, 3.05) is 7.05 Å². The SMILES string of the molecule is CN(Cc1cc2cccc3c2n(c1=O)CCC3)C(=O)NC1CCCCC1. The van der Waals surface area contributed by atoms with Gasteiger partial charge in [-0.25, -0.2) is 4.79 Å². The van der Waals surface area contributed by atoms with E-state index in [1.54, 1.807) is 11.9 Å². The quantitative estimate of drug-likeness (QED) is 0.919. The molecule has 0 bridgehead atoms. The van der Waals surface area contributed by atoms with Gasteiger partial charge in [-0.15, -0.1) is 0 Å². The molecule has 1 aliphatic carbocycles. The number of rotatable bonds is 3. The van der Waals surface area contributed by atoms with Crippen LogP contribution in [0.2, 0.25) is 0 Å². The van der Waals surface area contributed by atoms with Gasteiger partial charge in [0.2, 0.25) is 0 Å². The predicted molar refractivity (Wildman–Crippen MR) is 103 cm³/mol. The predicted octanol–water partition coefficient (Wildman–Crippen LogP) is 3.42. The molecule has 2 amide bonds. The fourth-order valence-corrected chi connectivity index (χ4v) is 4.40. The normalized spacial score (nSPS) is 17.3. The third-order valence-corrected chi connectivity index (χ3v) is 5.79. The monoisotopic (exact) mass is 353 g/mol. The van der Waals surface area contributed by atoms with Gasteiger partial charge < -0.3 is 14.8 Å². The topological polar surface area (TPSA) is 54.3 Å². The number of carbonyl (C=O) groups is 1. The Balaban J connectivity index is 1.56. The summed E-state index contributed by atoms with van der Waals surface area (Å²) in [7, 11) is 1.77. The van der Waals surface area contributed by atoms with Gasteiger partial charge in [-0.05, 0) is 42.7 Å². The van der Waals surface area contributed by atoms with E-state index in [0.717, 1.165) is 43.1 Å². The Kier molecular flexibility index (Phi) is 4.70. The third kappa shape index (κ3) is 3.22. The minimum absolute atomic E-state index is 0.0435. The summed E-state index contributed by atoms with van der Waals surface area (Å²) in [6.45, 7) is 1.11. The molecule has 1 aliphatic heterocycles. The first kappa shape index (κ1) is 17.1. The lowest BCUT2D eigenvalue weighted by molar-refractivity contribution is 0.198. The lowest BCUT2D eigenvalue weighted by Crippen LogP contribution is -2.44. The van der Waals surface area contributed by atoms with Crippen LogP contribution in [0.4, 0.5) is 4.79 Å². The van der Waals surface area contributed by atoms with E-state index in [-0.39, 0.29) is 17.6 Å². The lowest BCUT2D eigenvalue weighted by Gasteiger charge is -2.26. The number of urea groups is 1. The Morgan fingerprint density at radius 3 is 2.85 bits per heavy atom. The van der Waals surface area contributed by atoms with E-state index in [0.29, 0.717) is 12.1 Å². The molecule has 5 heteroatoms. The van der Waals surface area contributed by atoms with Crippen LogP contribution in [-0.4, -0.2) is 28.6 Å². The highest BCUT2D eigenvalue weighted by Crippen LogP contribution is 2.24. The average Bonchev–Trinajstić information content (AvgIpc) is 2.66. The van der Waals surface area contributed by atoms with Crippen LogP contribution in [0, 0.1) is 0 Å². The van der Waals surface area contributed by atoms with Crippen LogP contribution in [0.25, 0.3) is 10.9 Å². The molecule has 1 aromatic carbocycles. The molecule has 1 N–H and O–H groups in total. The first-order valence-electron chi connectivity index (χ1n) is 9.79. The van der Waals surface area contributed by atoms with Crippen molar-refractivity contribution in [2.24, 2.45) is 0 Å². The summed E-state index contributed by atoms with van der Waals surface area (Å²) in [6.07, 6.45) is 7.78. The Bertz CT molecular complexity index is 881. The summed E-state index contributed by atoms with van der Waals surface area (Å²) < 4.78 is 1.90. The number of amides is 2. The van der Waals surface area contributed by atoms with Gasteiger partial charge in [0.15, 0.2) is 0 Å². The first-order valence-corrected chi connectivity index (χ1v) is 9.79. The van der Waals surface area contributed by atoms with Gasteiger partial charge in [-0.2, -0.15) is 0 Å². The standard InChI is InChI=1S/C21H27N3O2/c1-23(21(26)22-18-10-3-2-4-11-18)14-17-13-16-8-5-7-15-9-6-12-24(19(15)16)20(17)25/h5,7-8,13,18H,2-4,6,9-12,14H2,1H3,(H,22,26). The molecule has 1 saturated carbocycles. The number of hydrogen-bond donors (Lipinski definition) is 1. The fraction of sp³-hybridized carbons (Fsp3) is 0.524. The van der Waals surface area contributed by atoms with Crippen LogP contribution in [0.5, 0.6) is 0 Å². The Morgan fingerprint density at radius 1 is 1.23 bits per heavy atom. The smallest absolute Gasteiger partial charge is 0.317 e. The van der Waals surface area contributed by atoms with Crippen LogP contribution in [0.15, 0.2) is 29.1 Å². The first-order chi connectivity index (χ1) is 12.6. The molecular formula is C21H27N3O2. The van der Waals surface area contributed by atoms with Gasteiger partial charge >= 0.3 is 6.03 Å². The molecular weight excluding hydrogens is 326 g/mol. The van der Waals surface area contributed by atoms with E-state index in [4.69, 9.17) is 0 Å². The minimum Gasteiger partial charge on any atom is -0.335 e. The molecule has 138 valence electrons. The summed E-state index contributed by atoms with van der Waals surface area (Å²) in [5, 5.41) is 4.22.